The molecular formula is C31H54Cl2N2O2S2. The Balaban J connectivity index is 0. The maximum atomic E-state index is 5.97. The molecule has 0 radical (unpaired) electrons. The van der Waals surface area contributed by atoms with Crippen molar-refractivity contribution in [3.63, 3.8) is 0 Å². The Labute approximate surface area is 260 Å². The Morgan fingerprint density at radius 1 is 0.641 bits per heavy atom. The van der Waals surface area contributed by atoms with Crippen LogP contribution in [-0.2, 0) is 4.74 Å². The number of unbranched alkanes of at least 4 members (excludes halogenated alkanes) is 2. The molecule has 8 heteroatoms. The fourth-order valence-electron chi connectivity index (χ4n) is 3.55. The summed E-state index contributed by atoms with van der Waals surface area (Å²) < 4.78 is 11.0. The molecule has 0 aromatic heterocycles. The smallest absolute Gasteiger partial charge is 0.122 e. The van der Waals surface area contributed by atoms with Gasteiger partial charge in [-0.2, -0.15) is 0 Å². The predicted molar refractivity (Wildman–Crippen MR) is 182 cm³/mol. The fraction of sp³-hybridized carbons (Fsp3) is 0.613. The molecule has 0 fully saturated rings. The first-order chi connectivity index (χ1) is 18.1. The van der Waals surface area contributed by atoms with Gasteiger partial charge in [0, 0.05) is 38.3 Å². The number of hydrogen-bond donors (Lipinski definition) is 2. The van der Waals surface area contributed by atoms with Gasteiger partial charge in [0.2, 0.25) is 0 Å². The molecule has 2 aromatic carbocycles. The third kappa shape index (κ3) is 22.7. The van der Waals surface area contributed by atoms with Crippen LogP contribution in [0.3, 0.4) is 0 Å². The summed E-state index contributed by atoms with van der Waals surface area (Å²) in [6, 6.07) is 18.9. The molecule has 2 aromatic rings. The van der Waals surface area contributed by atoms with Gasteiger partial charge in [0.1, 0.15) is 5.75 Å². The Kier molecular flexibility index (Phi) is 30.1. The molecule has 0 aliphatic heterocycles. The zero-order valence-corrected chi connectivity index (χ0v) is 28.1. The summed E-state index contributed by atoms with van der Waals surface area (Å²) in [5, 5.41) is 7.01. The summed E-state index contributed by atoms with van der Waals surface area (Å²) in [7, 11) is 5.69. The molecule has 226 valence electrons. The van der Waals surface area contributed by atoms with Gasteiger partial charge in [-0.1, -0.05) is 97.8 Å². The lowest BCUT2D eigenvalue weighted by Gasteiger charge is -2.13. The molecule has 0 saturated carbocycles. The van der Waals surface area contributed by atoms with Crippen LogP contribution in [0.15, 0.2) is 54.6 Å². The second-order valence-electron chi connectivity index (χ2n) is 9.66. The number of hydrogen-bond acceptors (Lipinski definition) is 6. The Morgan fingerprint density at radius 2 is 1.18 bits per heavy atom. The van der Waals surface area contributed by atoms with Gasteiger partial charge in [0.05, 0.1) is 6.61 Å². The van der Waals surface area contributed by atoms with Gasteiger partial charge in [-0.25, -0.2) is 0 Å². The van der Waals surface area contributed by atoms with Crippen molar-refractivity contribution < 1.29 is 9.47 Å². The SMILES string of the molecule is CC(C)c1ccccc1.COCCCCNCCSSCCNCCCCOc1ccccc1C(C)C.Cl.Cl. The lowest BCUT2D eigenvalue weighted by Crippen LogP contribution is -2.19. The van der Waals surface area contributed by atoms with E-state index in [1.165, 1.54) is 23.3 Å². The van der Waals surface area contributed by atoms with Crippen molar-refractivity contribution >= 4 is 46.4 Å². The molecule has 4 nitrogen and oxygen atoms in total. The molecule has 0 amide bonds. The number of benzene rings is 2. The standard InChI is InChI=1S/C22H40N2O2S2.C9H12.2ClH/c1-20(2)21-10-4-5-11-22(21)26-17-9-7-13-24-15-19-28-27-18-14-23-12-6-8-16-25-3;1-8(2)9-6-4-3-5-7-9;;/h4-5,10-11,20,23-24H,6-9,12-19H2,1-3H3;3-8H,1-2H3;2*1H. The minimum atomic E-state index is 0. The van der Waals surface area contributed by atoms with Gasteiger partial charge in [0.15, 0.2) is 0 Å². The first-order valence-corrected chi connectivity index (χ1v) is 16.5. The van der Waals surface area contributed by atoms with Gasteiger partial charge in [-0.3, -0.25) is 0 Å². The van der Waals surface area contributed by atoms with Crippen molar-refractivity contribution in [2.75, 3.05) is 58.0 Å². The van der Waals surface area contributed by atoms with Crippen LogP contribution in [0, 0.1) is 0 Å². The van der Waals surface area contributed by atoms with Crippen molar-refractivity contribution in [3.05, 3.63) is 65.7 Å². The van der Waals surface area contributed by atoms with E-state index in [1.54, 1.807) is 7.11 Å². The molecule has 39 heavy (non-hydrogen) atoms. The number of halogens is 2. The summed E-state index contributed by atoms with van der Waals surface area (Å²) in [4.78, 5) is 0. The molecular weight excluding hydrogens is 567 g/mol. The van der Waals surface area contributed by atoms with Crippen LogP contribution in [0.25, 0.3) is 0 Å². The molecule has 0 aliphatic carbocycles. The topological polar surface area (TPSA) is 42.5 Å². The summed E-state index contributed by atoms with van der Waals surface area (Å²) in [5.41, 5.74) is 2.72. The molecule has 0 bridgehead atoms. The van der Waals surface area contributed by atoms with E-state index in [2.05, 4.69) is 86.9 Å². The van der Waals surface area contributed by atoms with E-state index in [-0.39, 0.29) is 24.8 Å². The molecule has 0 heterocycles. The summed E-state index contributed by atoms with van der Waals surface area (Å²) in [5.74, 6) is 4.54. The van der Waals surface area contributed by atoms with Crippen molar-refractivity contribution in [2.24, 2.45) is 0 Å². The van der Waals surface area contributed by atoms with Crippen molar-refractivity contribution in [3.8, 4) is 5.75 Å². The molecule has 2 N–H and O–H groups in total. The van der Waals surface area contributed by atoms with E-state index in [0.29, 0.717) is 11.8 Å². The minimum absolute atomic E-state index is 0. The third-order valence-electron chi connectivity index (χ3n) is 5.77. The molecule has 0 unspecified atom stereocenters. The molecule has 0 saturated heterocycles. The maximum Gasteiger partial charge on any atom is 0.122 e. The van der Waals surface area contributed by atoms with Crippen molar-refractivity contribution in [1.82, 2.24) is 10.6 Å². The van der Waals surface area contributed by atoms with Crippen LogP contribution in [0.1, 0.15) is 76.3 Å². The van der Waals surface area contributed by atoms with Crippen LogP contribution in [0.4, 0.5) is 0 Å². The van der Waals surface area contributed by atoms with Gasteiger partial charge >= 0.3 is 0 Å². The van der Waals surface area contributed by atoms with E-state index in [1.807, 2.05) is 27.7 Å². The van der Waals surface area contributed by atoms with E-state index in [9.17, 15) is 0 Å². The van der Waals surface area contributed by atoms with Crippen molar-refractivity contribution in [1.29, 1.82) is 0 Å². The average Bonchev–Trinajstić information content (AvgIpc) is 2.91. The largest absolute Gasteiger partial charge is 0.493 e. The average molecular weight is 622 g/mol. The van der Waals surface area contributed by atoms with Gasteiger partial charge in [-0.15, -0.1) is 24.8 Å². The summed E-state index contributed by atoms with van der Waals surface area (Å²) in [6.45, 7) is 14.9. The fourth-order valence-corrected chi connectivity index (χ4v) is 5.45. The number of rotatable bonds is 20. The zero-order valence-electron chi connectivity index (χ0n) is 24.8. The normalized spacial score (nSPS) is 10.4. The molecule has 0 atom stereocenters. The second-order valence-corrected chi connectivity index (χ2v) is 12.4. The van der Waals surface area contributed by atoms with Crippen LogP contribution >= 0.6 is 46.4 Å². The van der Waals surface area contributed by atoms with E-state index in [4.69, 9.17) is 9.47 Å². The van der Waals surface area contributed by atoms with E-state index in [0.717, 1.165) is 70.2 Å². The van der Waals surface area contributed by atoms with Gasteiger partial charge in [-0.05, 0) is 67.8 Å². The maximum absolute atomic E-state index is 5.97. The highest BCUT2D eigenvalue weighted by Gasteiger charge is 2.06. The van der Waals surface area contributed by atoms with Crippen LogP contribution in [-0.4, -0.2) is 58.0 Å². The molecule has 0 aliphatic rings. The molecule has 0 spiro atoms. The number of nitrogens with one attached hydrogen (secondary N) is 2. The summed E-state index contributed by atoms with van der Waals surface area (Å²) >= 11 is 0. The highest BCUT2D eigenvalue weighted by Crippen LogP contribution is 2.26. The lowest BCUT2D eigenvalue weighted by atomic mass is 10.0. The van der Waals surface area contributed by atoms with Crippen molar-refractivity contribution in [2.45, 2.75) is 65.2 Å². The predicted octanol–water partition coefficient (Wildman–Crippen LogP) is 8.61. The van der Waals surface area contributed by atoms with Crippen LogP contribution in [0.5, 0.6) is 5.75 Å². The highest BCUT2D eigenvalue weighted by atomic mass is 35.5. The first kappa shape index (κ1) is 40.5. The lowest BCUT2D eigenvalue weighted by molar-refractivity contribution is 0.192. The minimum Gasteiger partial charge on any atom is -0.493 e. The summed E-state index contributed by atoms with van der Waals surface area (Å²) in [6.07, 6.45) is 4.60. The first-order valence-electron chi connectivity index (χ1n) is 14.0. The number of ether oxygens (including phenoxy) is 2. The third-order valence-corrected chi connectivity index (χ3v) is 8.18. The number of methoxy groups -OCH3 is 1. The van der Waals surface area contributed by atoms with E-state index < -0.39 is 0 Å². The Hall–Kier alpha value is -0.600. The van der Waals surface area contributed by atoms with Crippen LogP contribution in [0.2, 0.25) is 0 Å². The monoisotopic (exact) mass is 620 g/mol. The zero-order chi connectivity index (χ0) is 27.0. The van der Waals surface area contributed by atoms with Gasteiger partial charge < -0.3 is 20.1 Å². The molecule has 2 rings (SSSR count). The second kappa shape index (κ2) is 28.9. The van der Waals surface area contributed by atoms with E-state index >= 15 is 0 Å². The number of para-hydroxylation sites is 1. The Bertz CT molecular complexity index is 771. The Morgan fingerprint density at radius 3 is 1.69 bits per heavy atom. The quantitative estimate of drug-likeness (QED) is 0.114. The van der Waals surface area contributed by atoms with Gasteiger partial charge in [0.25, 0.3) is 0 Å². The van der Waals surface area contributed by atoms with Crippen LogP contribution < -0.4 is 15.4 Å². The highest BCUT2D eigenvalue weighted by molar-refractivity contribution is 8.76.